The van der Waals surface area contributed by atoms with Gasteiger partial charge in [-0.05, 0) is 19.8 Å². The summed E-state index contributed by atoms with van der Waals surface area (Å²) in [6.45, 7) is 8.41. The Morgan fingerprint density at radius 3 is 2.40 bits per heavy atom. The minimum atomic E-state index is 0.636. The average molecular weight is 212 g/mol. The maximum absolute atomic E-state index is 5.70. The molecule has 1 unspecified atom stereocenters. The number of allylic oxidation sites excluding steroid dienone is 1. The van der Waals surface area contributed by atoms with Crippen molar-refractivity contribution >= 4 is 0 Å². The van der Waals surface area contributed by atoms with Crippen molar-refractivity contribution in [3.05, 3.63) is 12.2 Å². The zero-order valence-corrected chi connectivity index (χ0v) is 10.8. The minimum Gasteiger partial charge on any atom is -0.381 e. The van der Waals surface area contributed by atoms with Gasteiger partial charge in [-0.15, -0.1) is 0 Å². The first-order valence-electron chi connectivity index (χ1n) is 6.55. The van der Waals surface area contributed by atoms with Crippen LogP contribution >= 0.6 is 0 Å². The number of rotatable bonds is 10. The van der Waals surface area contributed by atoms with Gasteiger partial charge in [-0.25, -0.2) is 0 Å². The summed E-state index contributed by atoms with van der Waals surface area (Å²) in [4.78, 5) is 0. The Balaban J connectivity index is 3.48. The maximum atomic E-state index is 5.70. The summed E-state index contributed by atoms with van der Waals surface area (Å²) >= 11 is 0. The molecule has 1 atom stereocenters. The van der Waals surface area contributed by atoms with Crippen LogP contribution in [0, 0.1) is 5.92 Å². The van der Waals surface area contributed by atoms with Crippen molar-refractivity contribution in [3.63, 3.8) is 0 Å². The van der Waals surface area contributed by atoms with Crippen molar-refractivity contribution in [1.82, 2.24) is 0 Å². The Bertz CT molecular complexity index is 140. The molecule has 1 nitrogen and oxygen atoms in total. The molecule has 1 heteroatoms. The lowest BCUT2D eigenvalue weighted by atomic mass is 10.0. The van der Waals surface area contributed by atoms with Crippen molar-refractivity contribution in [1.29, 1.82) is 0 Å². The second kappa shape index (κ2) is 11.8. The molecule has 0 aliphatic rings. The van der Waals surface area contributed by atoms with Gasteiger partial charge in [-0.3, -0.25) is 0 Å². The molecule has 90 valence electrons. The molecule has 0 bridgehead atoms. The van der Waals surface area contributed by atoms with Gasteiger partial charge in [0.1, 0.15) is 0 Å². The summed E-state index contributed by atoms with van der Waals surface area (Å²) in [5, 5.41) is 0. The summed E-state index contributed by atoms with van der Waals surface area (Å²) in [5.41, 5.74) is 0. The normalized spacial score (nSPS) is 13.5. The standard InChI is InChI=1S/C14H28O/c1-4-7-9-12-15-13-14(10-6-3)11-8-5-2/h6,10,14H,4-5,7-9,11-13H2,1-3H3. The van der Waals surface area contributed by atoms with E-state index in [0.29, 0.717) is 5.92 Å². The van der Waals surface area contributed by atoms with Gasteiger partial charge in [0.05, 0.1) is 6.61 Å². The zero-order valence-electron chi connectivity index (χ0n) is 10.8. The van der Waals surface area contributed by atoms with Gasteiger partial charge in [-0.1, -0.05) is 51.7 Å². The van der Waals surface area contributed by atoms with Gasteiger partial charge in [-0.2, -0.15) is 0 Å². The summed E-state index contributed by atoms with van der Waals surface area (Å²) in [7, 11) is 0. The van der Waals surface area contributed by atoms with Crippen molar-refractivity contribution in [2.24, 2.45) is 5.92 Å². The Morgan fingerprint density at radius 1 is 1.07 bits per heavy atom. The van der Waals surface area contributed by atoms with Crippen LogP contribution in [0.4, 0.5) is 0 Å². The molecule has 0 rings (SSSR count). The molecule has 0 aromatic rings. The van der Waals surface area contributed by atoms with Gasteiger partial charge < -0.3 is 4.74 Å². The SMILES string of the molecule is CC=CC(CCCC)COCCCCC. The average Bonchev–Trinajstić information content (AvgIpc) is 2.25. The molecule has 0 fully saturated rings. The summed E-state index contributed by atoms with van der Waals surface area (Å²) in [6.07, 6.45) is 12.1. The van der Waals surface area contributed by atoms with E-state index in [1.54, 1.807) is 0 Å². The van der Waals surface area contributed by atoms with Crippen molar-refractivity contribution in [2.45, 2.75) is 59.3 Å². The van der Waals surface area contributed by atoms with Gasteiger partial charge in [0.15, 0.2) is 0 Å². The predicted octanol–water partition coefficient (Wildman–Crippen LogP) is 4.58. The van der Waals surface area contributed by atoms with E-state index in [2.05, 4.69) is 32.9 Å². The maximum Gasteiger partial charge on any atom is 0.0528 e. The Morgan fingerprint density at radius 2 is 1.80 bits per heavy atom. The fraction of sp³-hybridized carbons (Fsp3) is 0.857. The van der Waals surface area contributed by atoms with Gasteiger partial charge >= 0.3 is 0 Å². The van der Waals surface area contributed by atoms with Crippen molar-refractivity contribution in [3.8, 4) is 0 Å². The third-order valence-electron chi connectivity index (χ3n) is 2.62. The fourth-order valence-corrected chi connectivity index (χ4v) is 1.66. The monoisotopic (exact) mass is 212 g/mol. The van der Waals surface area contributed by atoms with E-state index >= 15 is 0 Å². The Hall–Kier alpha value is -0.300. The van der Waals surface area contributed by atoms with Crippen LogP contribution in [0.5, 0.6) is 0 Å². The third kappa shape index (κ3) is 9.99. The van der Waals surface area contributed by atoms with Crippen LogP contribution in [0.1, 0.15) is 59.3 Å². The fourth-order valence-electron chi connectivity index (χ4n) is 1.66. The molecule has 0 aromatic heterocycles. The van der Waals surface area contributed by atoms with Gasteiger partial charge in [0, 0.05) is 12.5 Å². The van der Waals surface area contributed by atoms with Crippen LogP contribution < -0.4 is 0 Å². The van der Waals surface area contributed by atoms with E-state index in [1.807, 2.05) is 0 Å². The summed E-state index contributed by atoms with van der Waals surface area (Å²) < 4.78 is 5.70. The van der Waals surface area contributed by atoms with Crippen molar-refractivity contribution < 1.29 is 4.74 Å². The lowest BCUT2D eigenvalue weighted by Gasteiger charge is -2.12. The topological polar surface area (TPSA) is 9.23 Å². The molecule has 15 heavy (non-hydrogen) atoms. The summed E-state index contributed by atoms with van der Waals surface area (Å²) in [5.74, 6) is 0.636. The van der Waals surface area contributed by atoms with Crippen LogP contribution in [-0.4, -0.2) is 13.2 Å². The van der Waals surface area contributed by atoms with E-state index in [-0.39, 0.29) is 0 Å². The highest BCUT2D eigenvalue weighted by molar-refractivity contribution is 4.85. The quantitative estimate of drug-likeness (QED) is 0.380. The molecular formula is C14H28O. The highest BCUT2D eigenvalue weighted by Crippen LogP contribution is 2.11. The molecule has 0 amide bonds. The third-order valence-corrected chi connectivity index (χ3v) is 2.62. The van der Waals surface area contributed by atoms with Crippen LogP contribution in [0.2, 0.25) is 0 Å². The Labute approximate surface area is 95.9 Å². The van der Waals surface area contributed by atoms with Crippen molar-refractivity contribution in [2.75, 3.05) is 13.2 Å². The highest BCUT2D eigenvalue weighted by atomic mass is 16.5. The zero-order chi connectivity index (χ0) is 11.4. The molecule has 0 saturated heterocycles. The molecule has 0 radical (unpaired) electrons. The molecule has 0 spiro atoms. The molecule has 0 aliphatic heterocycles. The van der Waals surface area contributed by atoms with Crippen LogP contribution in [0.15, 0.2) is 12.2 Å². The van der Waals surface area contributed by atoms with Crippen LogP contribution in [0.3, 0.4) is 0 Å². The first kappa shape index (κ1) is 14.7. The first-order chi connectivity index (χ1) is 7.35. The molecule has 0 heterocycles. The predicted molar refractivity (Wildman–Crippen MR) is 68.2 cm³/mol. The number of hydrogen-bond acceptors (Lipinski definition) is 1. The second-order valence-corrected chi connectivity index (χ2v) is 4.21. The van der Waals surface area contributed by atoms with Crippen LogP contribution in [-0.2, 0) is 4.74 Å². The summed E-state index contributed by atoms with van der Waals surface area (Å²) in [6, 6.07) is 0. The van der Waals surface area contributed by atoms with Gasteiger partial charge in [0.2, 0.25) is 0 Å². The molecule has 0 saturated carbocycles. The van der Waals surface area contributed by atoms with Crippen LogP contribution in [0.25, 0.3) is 0 Å². The number of unbranched alkanes of at least 4 members (excludes halogenated alkanes) is 3. The van der Waals surface area contributed by atoms with E-state index in [4.69, 9.17) is 4.74 Å². The lowest BCUT2D eigenvalue weighted by Crippen LogP contribution is -2.08. The van der Waals surface area contributed by atoms with E-state index in [9.17, 15) is 0 Å². The number of hydrogen-bond donors (Lipinski definition) is 0. The second-order valence-electron chi connectivity index (χ2n) is 4.21. The van der Waals surface area contributed by atoms with Gasteiger partial charge in [0.25, 0.3) is 0 Å². The molecule has 0 aliphatic carbocycles. The molecule has 0 aromatic carbocycles. The Kier molecular flexibility index (Phi) is 11.5. The first-order valence-corrected chi connectivity index (χ1v) is 6.55. The van der Waals surface area contributed by atoms with E-state index in [0.717, 1.165) is 13.2 Å². The van der Waals surface area contributed by atoms with E-state index in [1.165, 1.54) is 38.5 Å². The van der Waals surface area contributed by atoms with E-state index < -0.39 is 0 Å². The molecule has 0 N–H and O–H groups in total. The minimum absolute atomic E-state index is 0.636. The number of ether oxygens (including phenoxy) is 1. The highest BCUT2D eigenvalue weighted by Gasteiger charge is 2.03. The lowest BCUT2D eigenvalue weighted by molar-refractivity contribution is 0.106. The molecular weight excluding hydrogens is 184 g/mol. The largest absolute Gasteiger partial charge is 0.381 e. The smallest absolute Gasteiger partial charge is 0.0528 e.